The van der Waals surface area contributed by atoms with E-state index in [9.17, 15) is 4.79 Å². The predicted octanol–water partition coefficient (Wildman–Crippen LogP) is 6.97. The molecule has 31 heavy (non-hydrogen) atoms. The van der Waals surface area contributed by atoms with Crippen LogP contribution in [0.1, 0.15) is 48.9 Å². The van der Waals surface area contributed by atoms with Gasteiger partial charge in [0.05, 0.1) is 6.54 Å². The monoisotopic (exact) mass is 479 g/mol. The molecule has 0 radical (unpaired) electrons. The van der Waals surface area contributed by atoms with E-state index in [4.69, 9.17) is 0 Å². The standard InChI is InChI=1S/C26H30BrN3O/c1-20-7-5-8-21(17-20)18-29-16-6-11-25(29)19-30(24-9-3-2-4-10-24)26(31)28-23-14-12-22(27)13-15-23/h5-8,11-17,24H,2-4,9-10,18-19H2,1H3,(H,28,31). The molecule has 1 N–H and O–H groups in total. The molecule has 0 bridgehead atoms. The maximum Gasteiger partial charge on any atom is 0.322 e. The zero-order chi connectivity index (χ0) is 21.6. The Morgan fingerprint density at radius 3 is 2.58 bits per heavy atom. The Bertz CT molecular complexity index is 1010. The van der Waals surface area contributed by atoms with Gasteiger partial charge in [0.25, 0.3) is 0 Å². The number of amides is 2. The molecule has 4 nitrogen and oxygen atoms in total. The lowest BCUT2D eigenvalue weighted by Crippen LogP contribution is -2.43. The highest BCUT2D eigenvalue weighted by Crippen LogP contribution is 2.26. The lowest BCUT2D eigenvalue weighted by Gasteiger charge is -2.34. The summed E-state index contributed by atoms with van der Waals surface area (Å²) >= 11 is 3.46. The summed E-state index contributed by atoms with van der Waals surface area (Å²) in [5.74, 6) is 0. The van der Waals surface area contributed by atoms with Gasteiger partial charge in [-0.15, -0.1) is 0 Å². The number of urea groups is 1. The summed E-state index contributed by atoms with van der Waals surface area (Å²) in [6, 6.07) is 20.9. The first kappa shape index (κ1) is 21.7. The van der Waals surface area contributed by atoms with E-state index in [0.717, 1.165) is 35.2 Å². The van der Waals surface area contributed by atoms with Crippen molar-refractivity contribution in [3.63, 3.8) is 0 Å². The number of nitrogens with one attached hydrogen (secondary N) is 1. The van der Waals surface area contributed by atoms with E-state index in [0.29, 0.717) is 6.54 Å². The summed E-state index contributed by atoms with van der Waals surface area (Å²) in [5.41, 5.74) is 4.53. The highest BCUT2D eigenvalue weighted by Gasteiger charge is 2.26. The van der Waals surface area contributed by atoms with E-state index < -0.39 is 0 Å². The Morgan fingerprint density at radius 2 is 1.84 bits per heavy atom. The molecule has 0 saturated heterocycles. The number of carbonyl (C=O) groups excluding carboxylic acids is 1. The number of halogens is 1. The largest absolute Gasteiger partial charge is 0.345 e. The van der Waals surface area contributed by atoms with Crippen molar-refractivity contribution in [1.29, 1.82) is 0 Å². The average molecular weight is 480 g/mol. The third-order valence-electron chi connectivity index (χ3n) is 6.06. The molecular weight excluding hydrogens is 450 g/mol. The molecule has 2 aromatic carbocycles. The molecule has 2 amide bonds. The number of aryl methyl sites for hydroxylation is 1. The van der Waals surface area contributed by atoms with Crippen molar-refractivity contribution >= 4 is 27.6 Å². The summed E-state index contributed by atoms with van der Waals surface area (Å²) in [7, 11) is 0. The molecule has 3 aromatic rings. The predicted molar refractivity (Wildman–Crippen MR) is 130 cm³/mol. The van der Waals surface area contributed by atoms with Crippen molar-refractivity contribution in [2.24, 2.45) is 0 Å². The molecule has 1 heterocycles. The van der Waals surface area contributed by atoms with E-state index in [1.807, 2.05) is 29.2 Å². The first-order chi connectivity index (χ1) is 15.1. The van der Waals surface area contributed by atoms with Crippen LogP contribution < -0.4 is 5.32 Å². The summed E-state index contributed by atoms with van der Waals surface area (Å²) in [5, 5.41) is 3.11. The second kappa shape index (κ2) is 10.2. The molecule has 162 valence electrons. The Hall–Kier alpha value is -2.53. The summed E-state index contributed by atoms with van der Waals surface area (Å²) < 4.78 is 3.26. The molecule has 0 atom stereocenters. The minimum Gasteiger partial charge on any atom is -0.345 e. The van der Waals surface area contributed by atoms with E-state index in [1.54, 1.807) is 0 Å². The SMILES string of the molecule is Cc1cccc(Cn2cccc2CN(C(=O)Nc2ccc(Br)cc2)C2CCCCC2)c1. The van der Waals surface area contributed by atoms with Gasteiger partial charge in [0.2, 0.25) is 0 Å². The summed E-state index contributed by atoms with van der Waals surface area (Å²) in [6.45, 7) is 3.56. The fraction of sp³-hybridized carbons (Fsp3) is 0.346. The number of aromatic nitrogens is 1. The molecule has 0 spiro atoms. The number of hydrogen-bond donors (Lipinski definition) is 1. The van der Waals surface area contributed by atoms with Crippen LogP contribution >= 0.6 is 15.9 Å². The van der Waals surface area contributed by atoms with Gasteiger partial charge in [-0.1, -0.05) is 65.0 Å². The number of anilines is 1. The van der Waals surface area contributed by atoms with Crippen LogP contribution in [0.25, 0.3) is 0 Å². The summed E-state index contributed by atoms with van der Waals surface area (Å²) in [4.78, 5) is 15.4. The Balaban J connectivity index is 1.53. The molecule has 0 aliphatic heterocycles. The fourth-order valence-corrected chi connectivity index (χ4v) is 4.68. The van der Waals surface area contributed by atoms with Gasteiger partial charge < -0.3 is 14.8 Å². The van der Waals surface area contributed by atoms with Gasteiger partial charge in [0.1, 0.15) is 0 Å². The number of hydrogen-bond acceptors (Lipinski definition) is 1. The first-order valence-electron chi connectivity index (χ1n) is 11.1. The second-order valence-electron chi connectivity index (χ2n) is 8.47. The molecular formula is C26H30BrN3O. The van der Waals surface area contributed by atoms with Crippen molar-refractivity contribution in [2.45, 2.75) is 58.2 Å². The number of nitrogens with zero attached hydrogens (tertiary/aromatic N) is 2. The smallest absolute Gasteiger partial charge is 0.322 e. The average Bonchev–Trinajstić information content (AvgIpc) is 3.21. The van der Waals surface area contributed by atoms with Gasteiger partial charge >= 0.3 is 6.03 Å². The highest BCUT2D eigenvalue weighted by molar-refractivity contribution is 9.10. The molecule has 1 aliphatic carbocycles. The maximum absolute atomic E-state index is 13.3. The van der Waals surface area contributed by atoms with E-state index >= 15 is 0 Å². The maximum atomic E-state index is 13.3. The van der Waals surface area contributed by atoms with E-state index in [-0.39, 0.29) is 12.1 Å². The number of rotatable bonds is 6. The van der Waals surface area contributed by atoms with Gasteiger partial charge in [0.15, 0.2) is 0 Å². The minimum absolute atomic E-state index is 0.0162. The molecule has 1 aromatic heterocycles. The van der Waals surface area contributed by atoms with Crippen LogP contribution in [0.5, 0.6) is 0 Å². The van der Waals surface area contributed by atoms with Crippen molar-refractivity contribution in [3.05, 3.63) is 88.2 Å². The Kier molecular flexibility index (Phi) is 7.13. The molecule has 1 fully saturated rings. The quantitative estimate of drug-likeness (QED) is 0.406. The van der Waals surface area contributed by atoms with Crippen LogP contribution in [-0.4, -0.2) is 21.5 Å². The minimum atomic E-state index is -0.0162. The van der Waals surface area contributed by atoms with E-state index in [2.05, 4.69) is 75.3 Å². The molecule has 1 saturated carbocycles. The molecule has 1 aliphatic rings. The van der Waals surface area contributed by atoms with Crippen LogP contribution in [0.4, 0.5) is 10.5 Å². The van der Waals surface area contributed by atoms with Gasteiger partial charge in [-0.3, -0.25) is 0 Å². The molecule has 5 heteroatoms. The number of carbonyl (C=O) groups is 1. The zero-order valence-electron chi connectivity index (χ0n) is 18.1. The summed E-state index contributed by atoms with van der Waals surface area (Å²) in [6.07, 6.45) is 7.92. The highest BCUT2D eigenvalue weighted by atomic mass is 79.9. The first-order valence-corrected chi connectivity index (χ1v) is 11.9. The van der Waals surface area contributed by atoms with Gasteiger partial charge in [0, 0.05) is 34.6 Å². The van der Waals surface area contributed by atoms with Gasteiger partial charge in [-0.2, -0.15) is 0 Å². The second-order valence-corrected chi connectivity index (χ2v) is 9.39. The van der Waals surface area contributed by atoms with Crippen LogP contribution in [0.15, 0.2) is 71.3 Å². The fourth-order valence-electron chi connectivity index (χ4n) is 4.42. The van der Waals surface area contributed by atoms with Crippen molar-refractivity contribution in [3.8, 4) is 0 Å². The molecule has 0 unspecified atom stereocenters. The number of benzene rings is 2. The Labute approximate surface area is 193 Å². The lowest BCUT2D eigenvalue weighted by molar-refractivity contribution is 0.161. The van der Waals surface area contributed by atoms with E-state index in [1.165, 1.54) is 30.4 Å². The van der Waals surface area contributed by atoms with Crippen molar-refractivity contribution in [1.82, 2.24) is 9.47 Å². The Morgan fingerprint density at radius 1 is 1.06 bits per heavy atom. The van der Waals surface area contributed by atoms with Gasteiger partial charge in [-0.05, 0) is 61.7 Å². The third-order valence-corrected chi connectivity index (χ3v) is 6.59. The van der Waals surface area contributed by atoms with Crippen molar-refractivity contribution < 1.29 is 4.79 Å². The van der Waals surface area contributed by atoms with Crippen LogP contribution in [-0.2, 0) is 13.1 Å². The van der Waals surface area contributed by atoms with Gasteiger partial charge in [-0.25, -0.2) is 4.79 Å². The van der Waals surface area contributed by atoms with Crippen LogP contribution in [0.3, 0.4) is 0 Å². The molecule has 4 rings (SSSR count). The lowest BCUT2D eigenvalue weighted by atomic mass is 9.94. The topological polar surface area (TPSA) is 37.3 Å². The van der Waals surface area contributed by atoms with Crippen molar-refractivity contribution in [2.75, 3.05) is 5.32 Å². The normalized spacial score (nSPS) is 14.4. The van der Waals surface area contributed by atoms with Crippen LogP contribution in [0.2, 0.25) is 0 Å². The zero-order valence-corrected chi connectivity index (χ0v) is 19.6. The van der Waals surface area contributed by atoms with Crippen LogP contribution in [0, 0.1) is 6.92 Å². The third kappa shape index (κ3) is 5.79.